The van der Waals surface area contributed by atoms with Crippen molar-refractivity contribution in [1.29, 1.82) is 0 Å². The molecule has 0 amide bonds. The summed E-state index contributed by atoms with van der Waals surface area (Å²) in [7, 11) is 0. The second-order valence-electron chi connectivity index (χ2n) is 6.27. The van der Waals surface area contributed by atoms with Crippen LogP contribution in [0.25, 0.3) is 27.9 Å². The third-order valence-electron chi connectivity index (χ3n) is 4.54. The molecule has 3 nitrogen and oxygen atoms in total. The molecule has 1 N–H and O–H groups in total. The molecule has 1 unspecified atom stereocenters. The molecule has 0 radical (unpaired) electrons. The normalized spacial score (nSPS) is 12.3. The second-order valence-corrected chi connectivity index (χ2v) is 7.15. The highest BCUT2D eigenvalue weighted by Crippen LogP contribution is 2.37. The number of aliphatic hydroxyl groups is 1. The Morgan fingerprint density at radius 2 is 1.88 bits per heavy atom. The molecule has 26 heavy (non-hydrogen) atoms. The van der Waals surface area contributed by atoms with E-state index in [2.05, 4.69) is 6.58 Å². The molecule has 0 saturated carbocycles. The molecule has 0 saturated heterocycles. The molecule has 1 heterocycles. The van der Waals surface area contributed by atoms with E-state index in [1.54, 1.807) is 18.2 Å². The minimum absolute atomic E-state index is 0.0405. The van der Waals surface area contributed by atoms with E-state index in [1.165, 1.54) is 0 Å². The molecule has 3 aromatic rings. The first-order valence-electron chi connectivity index (χ1n) is 8.27. The molecule has 2 aromatic carbocycles. The summed E-state index contributed by atoms with van der Waals surface area (Å²) in [6.07, 6.45) is 0.798. The number of rotatable bonds is 4. The van der Waals surface area contributed by atoms with E-state index < -0.39 is 5.63 Å². The van der Waals surface area contributed by atoms with Crippen molar-refractivity contribution >= 4 is 39.9 Å². The van der Waals surface area contributed by atoms with Gasteiger partial charge in [-0.25, -0.2) is 4.79 Å². The molecule has 134 valence electrons. The van der Waals surface area contributed by atoms with Gasteiger partial charge in [-0.05, 0) is 41.7 Å². The SMILES string of the molecule is C=C(O)c1c(C(C)CC)c2cccc(-c3cc(Cl)cc(Cl)c3)c2oc1=O. The molecule has 0 aliphatic rings. The highest BCUT2D eigenvalue weighted by atomic mass is 35.5. The Hall–Kier alpha value is -2.23. The van der Waals surface area contributed by atoms with Gasteiger partial charge in [-0.1, -0.05) is 61.8 Å². The Morgan fingerprint density at radius 3 is 2.46 bits per heavy atom. The van der Waals surface area contributed by atoms with Crippen LogP contribution in [0.3, 0.4) is 0 Å². The van der Waals surface area contributed by atoms with Crippen molar-refractivity contribution in [3.8, 4) is 11.1 Å². The maximum absolute atomic E-state index is 12.6. The maximum atomic E-state index is 12.6. The van der Waals surface area contributed by atoms with Gasteiger partial charge >= 0.3 is 5.63 Å². The Labute approximate surface area is 161 Å². The van der Waals surface area contributed by atoms with E-state index in [1.807, 2.05) is 32.0 Å². The van der Waals surface area contributed by atoms with E-state index in [4.69, 9.17) is 27.6 Å². The number of para-hydroxylation sites is 1. The van der Waals surface area contributed by atoms with Crippen LogP contribution < -0.4 is 5.63 Å². The fourth-order valence-corrected chi connectivity index (χ4v) is 3.70. The Morgan fingerprint density at radius 1 is 1.23 bits per heavy atom. The van der Waals surface area contributed by atoms with E-state index in [0.717, 1.165) is 22.9 Å². The van der Waals surface area contributed by atoms with Gasteiger partial charge < -0.3 is 9.52 Å². The van der Waals surface area contributed by atoms with Gasteiger partial charge in [0.2, 0.25) is 0 Å². The van der Waals surface area contributed by atoms with Crippen LogP contribution in [0.15, 0.2) is 52.2 Å². The monoisotopic (exact) mass is 388 g/mol. The van der Waals surface area contributed by atoms with Crippen LogP contribution in [0.1, 0.15) is 37.3 Å². The van der Waals surface area contributed by atoms with Gasteiger partial charge in [0.05, 0.1) is 0 Å². The van der Waals surface area contributed by atoms with Crippen LogP contribution >= 0.6 is 23.2 Å². The van der Waals surface area contributed by atoms with Crippen LogP contribution in [-0.2, 0) is 0 Å². The van der Waals surface area contributed by atoms with Crippen LogP contribution in [0, 0.1) is 0 Å². The average molecular weight is 389 g/mol. The predicted molar refractivity (Wildman–Crippen MR) is 108 cm³/mol. The minimum Gasteiger partial charge on any atom is -0.508 e. The van der Waals surface area contributed by atoms with Gasteiger partial charge in [0.25, 0.3) is 0 Å². The summed E-state index contributed by atoms with van der Waals surface area (Å²) in [6, 6.07) is 10.8. The van der Waals surface area contributed by atoms with Crippen molar-refractivity contribution in [2.45, 2.75) is 26.2 Å². The molecular weight excluding hydrogens is 371 g/mol. The van der Waals surface area contributed by atoms with Crippen molar-refractivity contribution < 1.29 is 9.52 Å². The minimum atomic E-state index is -0.610. The zero-order chi connectivity index (χ0) is 19.0. The first kappa shape index (κ1) is 18.6. The van der Waals surface area contributed by atoms with E-state index in [-0.39, 0.29) is 17.2 Å². The summed E-state index contributed by atoms with van der Waals surface area (Å²) in [5.41, 5.74) is 2.16. The van der Waals surface area contributed by atoms with Crippen LogP contribution in [0.2, 0.25) is 10.0 Å². The summed E-state index contributed by atoms with van der Waals surface area (Å²) < 4.78 is 5.59. The van der Waals surface area contributed by atoms with Crippen molar-refractivity contribution in [1.82, 2.24) is 0 Å². The standard InChI is InChI=1S/C21H18Cl2O3/c1-4-11(2)18-17-7-5-6-16(13-8-14(22)10-15(23)9-13)20(17)26-21(25)19(18)12(3)24/h5-11,24H,3-4H2,1-2H3. The highest BCUT2D eigenvalue weighted by molar-refractivity contribution is 6.35. The Balaban J connectivity index is 2.44. The number of hydrogen-bond acceptors (Lipinski definition) is 3. The lowest BCUT2D eigenvalue weighted by atomic mass is 9.89. The average Bonchev–Trinajstić information content (AvgIpc) is 2.58. The lowest BCUT2D eigenvalue weighted by Crippen LogP contribution is -2.13. The molecule has 0 fully saturated rings. The van der Waals surface area contributed by atoms with Crippen molar-refractivity contribution in [3.63, 3.8) is 0 Å². The first-order valence-corrected chi connectivity index (χ1v) is 9.03. The van der Waals surface area contributed by atoms with Gasteiger partial charge in [-0.2, -0.15) is 0 Å². The summed E-state index contributed by atoms with van der Waals surface area (Å²) in [5, 5.41) is 11.7. The second kappa shape index (κ2) is 7.18. The number of fused-ring (bicyclic) bond motifs is 1. The van der Waals surface area contributed by atoms with Crippen LogP contribution in [0.4, 0.5) is 0 Å². The molecule has 0 aliphatic carbocycles. The third kappa shape index (κ3) is 3.25. The summed E-state index contributed by atoms with van der Waals surface area (Å²) in [4.78, 5) is 12.6. The molecule has 5 heteroatoms. The summed E-state index contributed by atoms with van der Waals surface area (Å²) in [5.74, 6) is -0.245. The largest absolute Gasteiger partial charge is 0.508 e. The predicted octanol–water partition coefficient (Wildman–Crippen LogP) is 6.81. The fraction of sp³-hybridized carbons (Fsp3) is 0.190. The molecule has 1 aromatic heterocycles. The first-order chi connectivity index (χ1) is 12.3. The molecule has 0 aliphatic heterocycles. The maximum Gasteiger partial charge on any atom is 0.347 e. The number of aliphatic hydroxyl groups excluding tert-OH is 1. The van der Waals surface area contributed by atoms with Crippen molar-refractivity contribution in [2.75, 3.05) is 0 Å². The van der Waals surface area contributed by atoms with Gasteiger partial charge in [0, 0.05) is 21.0 Å². The molecule has 1 atom stereocenters. The quantitative estimate of drug-likeness (QED) is 0.394. The zero-order valence-corrected chi connectivity index (χ0v) is 16.0. The fourth-order valence-electron chi connectivity index (χ4n) is 3.17. The van der Waals surface area contributed by atoms with Gasteiger partial charge in [0.1, 0.15) is 16.9 Å². The number of hydrogen-bond donors (Lipinski definition) is 1. The number of benzene rings is 2. The Kier molecular flexibility index (Phi) is 5.12. The Bertz CT molecular complexity index is 1050. The van der Waals surface area contributed by atoms with Crippen LogP contribution in [-0.4, -0.2) is 5.11 Å². The molecular formula is C21H18Cl2O3. The van der Waals surface area contributed by atoms with E-state index in [0.29, 0.717) is 21.2 Å². The van der Waals surface area contributed by atoms with Gasteiger partial charge in [-0.15, -0.1) is 0 Å². The molecule has 0 spiro atoms. The smallest absolute Gasteiger partial charge is 0.347 e. The van der Waals surface area contributed by atoms with E-state index in [9.17, 15) is 9.90 Å². The van der Waals surface area contributed by atoms with E-state index >= 15 is 0 Å². The summed E-state index contributed by atoms with van der Waals surface area (Å²) in [6.45, 7) is 7.56. The lowest BCUT2D eigenvalue weighted by Gasteiger charge is -2.17. The molecule has 3 rings (SSSR count). The van der Waals surface area contributed by atoms with Crippen LogP contribution in [0.5, 0.6) is 0 Å². The molecule has 0 bridgehead atoms. The highest BCUT2D eigenvalue weighted by Gasteiger charge is 2.22. The number of halogens is 2. The lowest BCUT2D eigenvalue weighted by molar-refractivity contribution is 0.495. The zero-order valence-electron chi connectivity index (χ0n) is 14.5. The van der Waals surface area contributed by atoms with Gasteiger partial charge in [-0.3, -0.25) is 0 Å². The topological polar surface area (TPSA) is 50.4 Å². The van der Waals surface area contributed by atoms with Gasteiger partial charge in [0.15, 0.2) is 0 Å². The third-order valence-corrected chi connectivity index (χ3v) is 4.98. The summed E-state index contributed by atoms with van der Waals surface area (Å²) >= 11 is 12.3. The van der Waals surface area contributed by atoms with Crippen molar-refractivity contribution in [3.05, 3.63) is 74.6 Å². The van der Waals surface area contributed by atoms with Crippen molar-refractivity contribution in [2.24, 2.45) is 0 Å².